The second kappa shape index (κ2) is 6.38. The number of nitrogens with zero attached hydrogens (tertiary/aromatic N) is 3. The van der Waals surface area contributed by atoms with E-state index in [4.69, 9.17) is 0 Å². The molecule has 3 aliphatic carbocycles. The van der Waals surface area contributed by atoms with Crippen LogP contribution in [0.2, 0.25) is 0 Å². The van der Waals surface area contributed by atoms with Gasteiger partial charge in [0.15, 0.2) is 0 Å². The van der Waals surface area contributed by atoms with Crippen LogP contribution < -0.4 is 9.80 Å². The molecule has 0 atom stereocenters. The Morgan fingerprint density at radius 3 is 1.91 bits per heavy atom. The molecule has 0 saturated heterocycles. The number of carbonyl (C=O) groups is 2. The average Bonchev–Trinajstić information content (AvgIpc) is 3.09. The second-order valence-electron chi connectivity index (χ2n) is 8.72. The first-order chi connectivity index (χ1) is 15.9. The van der Waals surface area contributed by atoms with Crippen molar-refractivity contribution < 1.29 is 14.5 Å². The third kappa shape index (κ3) is 2.18. The monoisotopic (exact) mass is 437 g/mol. The number of hydrogen-bond acceptors (Lipinski definition) is 5. The summed E-state index contributed by atoms with van der Waals surface area (Å²) in [6, 6.07) is 21.2. The van der Waals surface area contributed by atoms with Crippen molar-refractivity contribution in [2.45, 2.75) is 11.5 Å². The molecule has 4 aliphatic rings. The van der Waals surface area contributed by atoms with E-state index >= 15 is 0 Å². The number of rotatable bonds is 3. The van der Waals surface area contributed by atoms with E-state index in [9.17, 15) is 19.7 Å². The van der Waals surface area contributed by atoms with Crippen LogP contribution in [-0.4, -0.2) is 30.8 Å². The number of benzene rings is 3. The SMILES string of the molecule is CN(C)c1ccc(N2C(=O)C3=C(C2=O)C2([N+](=O)[O-])c4ccccc4C3c3ccccc32)cc1. The van der Waals surface area contributed by atoms with E-state index in [2.05, 4.69) is 0 Å². The number of anilines is 2. The maximum Gasteiger partial charge on any atom is 0.303 e. The van der Waals surface area contributed by atoms with Crippen molar-refractivity contribution >= 4 is 23.2 Å². The van der Waals surface area contributed by atoms with Crippen molar-refractivity contribution in [2.24, 2.45) is 0 Å². The molecule has 2 bridgehead atoms. The lowest BCUT2D eigenvalue weighted by atomic mass is 9.57. The molecular formula is C26H19N3O4. The van der Waals surface area contributed by atoms with Gasteiger partial charge in [-0.3, -0.25) is 19.7 Å². The van der Waals surface area contributed by atoms with Crippen molar-refractivity contribution in [1.29, 1.82) is 0 Å². The summed E-state index contributed by atoms with van der Waals surface area (Å²) in [5, 5.41) is 12.9. The first-order valence-corrected chi connectivity index (χ1v) is 10.6. The van der Waals surface area contributed by atoms with E-state index in [0.717, 1.165) is 10.6 Å². The molecule has 0 spiro atoms. The molecular weight excluding hydrogens is 418 g/mol. The van der Waals surface area contributed by atoms with Crippen molar-refractivity contribution in [1.82, 2.24) is 0 Å². The molecule has 0 fully saturated rings. The van der Waals surface area contributed by atoms with Crippen LogP contribution in [0.5, 0.6) is 0 Å². The van der Waals surface area contributed by atoms with E-state index in [-0.39, 0.29) is 11.1 Å². The fraction of sp³-hybridized carbons (Fsp3) is 0.154. The summed E-state index contributed by atoms with van der Waals surface area (Å²) < 4.78 is 0. The highest BCUT2D eigenvalue weighted by Gasteiger charge is 2.68. The van der Waals surface area contributed by atoms with E-state index in [1.54, 1.807) is 36.4 Å². The van der Waals surface area contributed by atoms with Gasteiger partial charge in [0.2, 0.25) is 0 Å². The normalized spacial score (nSPS) is 22.2. The molecule has 7 heteroatoms. The fourth-order valence-electron chi connectivity index (χ4n) is 5.64. The summed E-state index contributed by atoms with van der Waals surface area (Å²) in [6.07, 6.45) is 0. The molecule has 0 N–H and O–H groups in total. The van der Waals surface area contributed by atoms with E-state index in [0.29, 0.717) is 27.9 Å². The number of imide groups is 1. The summed E-state index contributed by atoms with van der Waals surface area (Å²) in [7, 11) is 3.79. The van der Waals surface area contributed by atoms with Gasteiger partial charge in [-0.1, -0.05) is 48.5 Å². The van der Waals surface area contributed by atoms with Gasteiger partial charge in [-0.15, -0.1) is 0 Å². The first-order valence-electron chi connectivity index (χ1n) is 10.6. The maximum atomic E-state index is 13.8. The Hall–Kier alpha value is -4.26. The van der Waals surface area contributed by atoms with Crippen LogP contribution in [0.3, 0.4) is 0 Å². The minimum Gasteiger partial charge on any atom is -0.378 e. The Morgan fingerprint density at radius 1 is 0.848 bits per heavy atom. The summed E-state index contributed by atoms with van der Waals surface area (Å²) >= 11 is 0. The standard InChI is InChI=1S/C26H19N3O4/c1-27(2)15-11-13-16(14-12-15)28-24(30)22-21-17-7-3-5-9-19(17)26(29(32)33,23(22)25(28)31)20-10-6-4-8-18(20)21/h3-14,21H,1-2H3. The topological polar surface area (TPSA) is 83.8 Å². The largest absolute Gasteiger partial charge is 0.378 e. The molecule has 162 valence electrons. The van der Waals surface area contributed by atoms with Crippen molar-refractivity contribution in [3.05, 3.63) is 116 Å². The van der Waals surface area contributed by atoms with Gasteiger partial charge in [0.25, 0.3) is 11.8 Å². The predicted octanol–water partition coefficient (Wildman–Crippen LogP) is 3.60. The van der Waals surface area contributed by atoms with Crippen LogP contribution in [-0.2, 0) is 15.1 Å². The second-order valence-corrected chi connectivity index (χ2v) is 8.72. The lowest BCUT2D eigenvalue weighted by Gasteiger charge is -2.42. The van der Waals surface area contributed by atoms with E-state index in [1.165, 1.54) is 0 Å². The van der Waals surface area contributed by atoms with Gasteiger partial charge < -0.3 is 4.90 Å². The number of carbonyl (C=O) groups excluding carboxylic acids is 2. The predicted molar refractivity (Wildman–Crippen MR) is 123 cm³/mol. The van der Waals surface area contributed by atoms with Crippen molar-refractivity contribution in [3.63, 3.8) is 0 Å². The molecule has 0 saturated carbocycles. The maximum absolute atomic E-state index is 13.8. The minimum atomic E-state index is -1.91. The summed E-state index contributed by atoms with van der Waals surface area (Å²) in [4.78, 5) is 43.1. The van der Waals surface area contributed by atoms with Crippen LogP contribution in [0.25, 0.3) is 0 Å². The summed E-state index contributed by atoms with van der Waals surface area (Å²) in [5.41, 5.74) is 1.92. The molecule has 7 rings (SSSR count). The van der Waals surface area contributed by atoms with E-state index in [1.807, 2.05) is 55.4 Å². The zero-order valence-electron chi connectivity index (χ0n) is 18.0. The highest BCUT2D eigenvalue weighted by Crippen LogP contribution is 2.61. The van der Waals surface area contributed by atoms with Crippen LogP contribution in [0.4, 0.5) is 11.4 Å². The van der Waals surface area contributed by atoms with Crippen LogP contribution in [0.15, 0.2) is 83.9 Å². The molecule has 7 nitrogen and oxygen atoms in total. The molecule has 2 amide bonds. The Balaban J connectivity index is 1.62. The summed E-state index contributed by atoms with van der Waals surface area (Å²) in [6.45, 7) is 0. The van der Waals surface area contributed by atoms with Gasteiger partial charge >= 0.3 is 5.54 Å². The molecule has 1 heterocycles. The highest BCUT2D eigenvalue weighted by atomic mass is 16.6. The number of hydrogen-bond donors (Lipinski definition) is 0. The molecule has 0 radical (unpaired) electrons. The highest BCUT2D eigenvalue weighted by molar-refractivity contribution is 6.35. The van der Waals surface area contributed by atoms with Gasteiger partial charge in [-0.05, 0) is 35.4 Å². The Morgan fingerprint density at radius 2 is 1.39 bits per heavy atom. The quantitative estimate of drug-likeness (QED) is 0.355. The van der Waals surface area contributed by atoms with Gasteiger partial charge in [0, 0.05) is 47.3 Å². The zero-order chi connectivity index (χ0) is 23.1. The van der Waals surface area contributed by atoms with Crippen LogP contribution in [0.1, 0.15) is 28.2 Å². The smallest absolute Gasteiger partial charge is 0.303 e. The van der Waals surface area contributed by atoms with Crippen LogP contribution >= 0.6 is 0 Å². The fourth-order valence-corrected chi connectivity index (χ4v) is 5.64. The number of amides is 2. The Kier molecular flexibility index (Phi) is 3.76. The number of nitro groups is 1. The molecule has 3 aromatic rings. The van der Waals surface area contributed by atoms with Gasteiger partial charge in [-0.2, -0.15) is 0 Å². The molecule has 0 aromatic heterocycles. The molecule has 0 unspecified atom stereocenters. The molecule has 3 aromatic carbocycles. The van der Waals surface area contributed by atoms with Gasteiger partial charge in [0.05, 0.1) is 5.69 Å². The third-order valence-corrected chi connectivity index (χ3v) is 6.99. The minimum absolute atomic E-state index is 0.0309. The van der Waals surface area contributed by atoms with Gasteiger partial charge in [-0.25, -0.2) is 4.90 Å². The van der Waals surface area contributed by atoms with Crippen molar-refractivity contribution in [2.75, 3.05) is 23.9 Å². The van der Waals surface area contributed by atoms with Crippen LogP contribution in [0, 0.1) is 10.1 Å². The Labute approximate surface area is 189 Å². The van der Waals surface area contributed by atoms with E-state index < -0.39 is 28.2 Å². The Bertz CT molecular complexity index is 1370. The zero-order valence-corrected chi connectivity index (χ0v) is 18.0. The molecule has 33 heavy (non-hydrogen) atoms. The third-order valence-electron chi connectivity index (χ3n) is 6.99. The molecule has 1 aliphatic heterocycles. The average molecular weight is 437 g/mol. The lowest BCUT2D eigenvalue weighted by molar-refractivity contribution is -0.554. The lowest BCUT2D eigenvalue weighted by Crippen LogP contribution is -2.49. The first kappa shape index (κ1) is 19.4. The van der Waals surface area contributed by atoms with Crippen molar-refractivity contribution in [3.8, 4) is 0 Å². The summed E-state index contributed by atoms with van der Waals surface area (Å²) in [5.74, 6) is -1.64. The van der Waals surface area contributed by atoms with Gasteiger partial charge in [0.1, 0.15) is 5.57 Å².